The topological polar surface area (TPSA) is 72.6 Å². The maximum Gasteiger partial charge on any atom is 0.328 e. The van der Waals surface area contributed by atoms with Crippen LogP contribution in [0.3, 0.4) is 0 Å². The molecule has 1 aromatic carbocycles. The van der Waals surface area contributed by atoms with Gasteiger partial charge in [-0.2, -0.15) is 0 Å². The highest BCUT2D eigenvalue weighted by Crippen LogP contribution is 2.25. The molecule has 1 unspecified atom stereocenters. The molecule has 0 aliphatic carbocycles. The van der Waals surface area contributed by atoms with Gasteiger partial charge in [-0.1, -0.05) is 12.1 Å². The van der Waals surface area contributed by atoms with Crippen LogP contribution in [-0.2, 0) is 9.53 Å². The minimum atomic E-state index is -0.489. The molecule has 0 radical (unpaired) electrons. The molecule has 5 heteroatoms. The minimum Gasteiger partial charge on any atom is -0.467 e. The molecule has 2 rings (SSSR count). The molecule has 0 saturated carbocycles. The van der Waals surface area contributed by atoms with Gasteiger partial charge >= 0.3 is 5.97 Å². The second-order valence-corrected chi connectivity index (χ2v) is 4.72. The lowest BCUT2D eigenvalue weighted by Crippen LogP contribution is -2.41. The molecule has 1 aromatic rings. The van der Waals surface area contributed by atoms with Crippen LogP contribution in [0, 0.1) is 6.92 Å². The number of nitrogens with two attached hydrogens (primary N) is 1. The second kappa shape index (κ2) is 5.30. The molecular formula is C14H18N2O3. The minimum absolute atomic E-state index is 0.191. The number of anilines is 1. The first kappa shape index (κ1) is 13.4. The van der Waals surface area contributed by atoms with Crippen LogP contribution in [0.5, 0.6) is 0 Å². The van der Waals surface area contributed by atoms with Crippen molar-refractivity contribution >= 4 is 17.6 Å². The molecule has 19 heavy (non-hydrogen) atoms. The molecular weight excluding hydrogens is 244 g/mol. The Kier molecular flexibility index (Phi) is 3.74. The largest absolute Gasteiger partial charge is 0.467 e. The summed E-state index contributed by atoms with van der Waals surface area (Å²) in [4.78, 5) is 25.8. The molecule has 1 aliphatic rings. The zero-order valence-corrected chi connectivity index (χ0v) is 11.2. The first-order valence-electron chi connectivity index (χ1n) is 6.30. The highest BCUT2D eigenvalue weighted by Gasteiger charge is 2.36. The molecule has 0 spiro atoms. The molecule has 1 atom stereocenters. The quantitative estimate of drug-likeness (QED) is 0.645. The Morgan fingerprint density at radius 3 is 2.79 bits per heavy atom. The van der Waals surface area contributed by atoms with E-state index < -0.39 is 6.04 Å². The van der Waals surface area contributed by atoms with Crippen LogP contribution in [0.15, 0.2) is 18.2 Å². The Labute approximate surface area is 112 Å². The van der Waals surface area contributed by atoms with Gasteiger partial charge < -0.3 is 15.4 Å². The number of carbonyl (C=O) groups excluding carboxylic acids is 2. The summed E-state index contributed by atoms with van der Waals surface area (Å²) in [6.45, 7) is 2.40. The van der Waals surface area contributed by atoms with Crippen molar-refractivity contribution in [3.05, 3.63) is 29.3 Å². The number of methoxy groups -OCH3 is 1. The third-order valence-electron chi connectivity index (χ3n) is 3.51. The zero-order chi connectivity index (χ0) is 14.0. The number of likely N-dealkylation sites (tertiary alicyclic amines) is 1. The number of nitrogens with zero attached hydrogens (tertiary/aromatic N) is 1. The lowest BCUT2D eigenvalue weighted by Gasteiger charge is -2.24. The normalized spacial score (nSPS) is 18.4. The van der Waals surface area contributed by atoms with Gasteiger partial charge in [0.15, 0.2) is 0 Å². The second-order valence-electron chi connectivity index (χ2n) is 4.72. The summed E-state index contributed by atoms with van der Waals surface area (Å²) in [6, 6.07) is 4.86. The summed E-state index contributed by atoms with van der Waals surface area (Å²) >= 11 is 0. The number of amides is 1. The highest BCUT2D eigenvalue weighted by molar-refractivity contribution is 6.02. The van der Waals surface area contributed by atoms with E-state index in [-0.39, 0.29) is 11.9 Å². The van der Waals surface area contributed by atoms with E-state index in [0.717, 1.165) is 12.0 Å². The van der Waals surface area contributed by atoms with Crippen LogP contribution >= 0.6 is 0 Å². The number of rotatable bonds is 2. The molecule has 2 N–H and O–H groups in total. The molecule has 1 aliphatic heterocycles. The number of aryl methyl sites for hydroxylation is 1. The molecule has 0 bridgehead atoms. The zero-order valence-electron chi connectivity index (χ0n) is 11.2. The summed E-state index contributed by atoms with van der Waals surface area (Å²) in [5.41, 5.74) is 7.63. The van der Waals surface area contributed by atoms with Crippen molar-refractivity contribution in [3.8, 4) is 0 Å². The summed E-state index contributed by atoms with van der Waals surface area (Å²) in [7, 11) is 1.34. The molecule has 1 saturated heterocycles. The Hall–Kier alpha value is -2.04. The van der Waals surface area contributed by atoms with Gasteiger partial charge in [0.2, 0.25) is 0 Å². The number of hydrogen-bond donors (Lipinski definition) is 1. The third-order valence-corrected chi connectivity index (χ3v) is 3.51. The van der Waals surface area contributed by atoms with Crippen molar-refractivity contribution in [2.75, 3.05) is 19.4 Å². The molecule has 0 aromatic heterocycles. The average molecular weight is 262 g/mol. The molecule has 5 nitrogen and oxygen atoms in total. The predicted molar refractivity (Wildman–Crippen MR) is 71.7 cm³/mol. The van der Waals surface area contributed by atoms with Crippen LogP contribution < -0.4 is 5.73 Å². The van der Waals surface area contributed by atoms with Crippen molar-refractivity contribution in [2.24, 2.45) is 0 Å². The first-order chi connectivity index (χ1) is 9.06. The average Bonchev–Trinajstić information content (AvgIpc) is 2.86. The Balaban J connectivity index is 2.31. The van der Waals surface area contributed by atoms with Crippen molar-refractivity contribution in [2.45, 2.75) is 25.8 Å². The van der Waals surface area contributed by atoms with Crippen LogP contribution in [-0.4, -0.2) is 36.5 Å². The SMILES string of the molecule is COC(=O)C1CCCN1C(=O)c1c(C)cccc1N. The number of carbonyl (C=O) groups is 2. The lowest BCUT2D eigenvalue weighted by atomic mass is 10.0. The van der Waals surface area contributed by atoms with E-state index in [1.807, 2.05) is 19.1 Å². The Bertz CT molecular complexity index is 493. The highest BCUT2D eigenvalue weighted by atomic mass is 16.5. The number of benzene rings is 1. The molecule has 1 fully saturated rings. The predicted octanol–water partition coefficient (Wildman–Crippen LogP) is 1.35. The molecule has 1 heterocycles. The summed E-state index contributed by atoms with van der Waals surface area (Å²) in [5, 5.41) is 0. The van der Waals surface area contributed by atoms with Crippen LogP contribution in [0.2, 0.25) is 0 Å². The van der Waals surface area contributed by atoms with E-state index in [2.05, 4.69) is 0 Å². The monoisotopic (exact) mass is 262 g/mol. The van der Waals surface area contributed by atoms with Gasteiger partial charge in [-0.25, -0.2) is 4.79 Å². The number of esters is 1. The maximum atomic E-state index is 12.6. The van der Waals surface area contributed by atoms with Gasteiger partial charge in [-0.05, 0) is 31.4 Å². The summed E-state index contributed by atoms with van der Waals surface area (Å²) < 4.78 is 4.75. The van der Waals surface area contributed by atoms with E-state index in [0.29, 0.717) is 24.2 Å². The van der Waals surface area contributed by atoms with Crippen molar-refractivity contribution in [1.82, 2.24) is 4.90 Å². The standard InChI is InChI=1S/C14H18N2O3/c1-9-5-3-6-10(15)12(9)13(17)16-8-4-7-11(16)14(18)19-2/h3,5-6,11H,4,7-8,15H2,1-2H3. The van der Waals surface area contributed by atoms with Crippen molar-refractivity contribution in [1.29, 1.82) is 0 Å². The van der Waals surface area contributed by atoms with E-state index in [1.54, 1.807) is 11.0 Å². The fourth-order valence-electron chi connectivity index (χ4n) is 2.52. The van der Waals surface area contributed by atoms with Gasteiger partial charge in [0, 0.05) is 12.2 Å². The van der Waals surface area contributed by atoms with E-state index in [9.17, 15) is 9.59 Å². The fraction of sp³-hybridized carbons (Fsp3) is 0.429. The lowest BCUT2D eigenvalue weighted by molar-refractivity contribution is -0.145. The third kappa shape index (κ3) is 2.41. The van der Waals surface area contributed by atoms with Gasteiger partial charge in [-0.15, -0.1) is 0 Å². The Morgan fingerprint density at radius 1 is 1.42 bits per heavy atom. The number of nitrogen functional groups attached to an aromatic ring is 1. The number of hydrogen-bond acceptors (Lipinski definition) is 4. The van der Waals surface area contributed by atoms with Crippen LogP contribution in [0.1, 0.15) is 28.8 Å². The summed E-state index contributed by atoms with van der Waals surface area (Å²) in [5.74, 6) is -0.554. The number of ether oxygens (including phenoxy) is 1. The van der Waals surface area contributed by atoms with Gasteiger partial charge in [0.1, 0.15) is 6.04 Å². The van der Waals surface area contributed by atoms with Crippen LogP contribution in [0.25, 0.3) is 0 Å². The Morgan fingerprint density at radius 2 is 2.16 bits per heavy atom. The molecule has 102 valence electrons. The van der Waals surface area contributed by atoms with Gasteiger partial charge in [0.05, 0.1) is 12.7 Å². The van der Waals surface area contributed by atoms with E-state index in [1.165, 1.54) is 7.11 Å². The van der Waals surface area contributed by atoms with Gasteiger partial charge in [0.25, 0.3) is 5.91 Å². The maximum absolute atomic E-state index is 12.6. The smallest absolute Gasteiger partial charge is 0.328 e. The van der Waals surface area contributed by atoms with E-state index >= 15 is 0 Å². The van der Waals surface area contributed by atoms with Crippen molar-refractivity contribution in [3.63, 3.8) is 0 Å². The first-order valence-corrected chi connectivity index (χ1v) is 6.30. The molecule has 1 amide bonds. The van der Waals surface area contributed by atoms with Crippen LogP contribution in [0.4, 0.5) is 5.69 Å². The fourth-order valence-corrected chi connectivity index (χ4v) is 2.52. The van der Waals surface area contributed by atoms with E-state index in [4.69, 9.17) is 10.5 Å². The summed E-state index contributed by atoms with van der Waals surface area (Å²) in [6.07, 6.45) is 1.45. The van der Waals surface area contributed by atoms with Crippen molar-refractivity contribution < 1.29 is 14.3 Å². The van der Waals surface area contributed by atoms with Gasteiger partial charge in [-0.3, -0.25) is 4.79 Å².